The van der Waals surface area contributed by atoms with Crippen molar-refractivity contribution in [3.05, 3.63) is 23.0 Å². The SMILES string of the molecule is CCCCCCCCCCCCCC(=O)c1c[nH]c(C(=O)O)c1C. The molecular weight excluding hydrogens is 302 g/mol. The normalized spacial score (nSPS) is 10.9. The van der Waals surface area contributed by atoms with E-state index in [2.05, 4.69) is 11.9 Å². The van der Waals surface area contributed by atoms with Crippen LogP contribution in [0.2, 0.25) is 0 Å². The summed E-state index contributed by atoms with van der Waals surface area (Å²) in [5.74, 6) is -0.964. The molecule has 0 aliphatic rings. The average molecular weight is 335 g/mol. The Balaban J connectivity index is 2.07. The summed E-state index contributed by atoms with van der Waals surface area (Å²) >= 11 is 0. The number of carboxylic acid groups (broad SMARTS) is 1. The summed E-state index contributed by atoms with van der Waals surface area (Å²) in [6, 6.07) is 0. The lowest BCUT2D eigenvalue weighted by atomic mass is 10.0. The second kappa shape index (κ2) is 11.9. The molecule has 24 heavy (non-hydrogen) atoms. The van der Waals surface area contributed by atoms with Crippen molar-refractivity contribution >= 4 is 11.8 Å². The van der Waals surface area contributed by atoms with Gasteiger partial charge in [-0.3, -0.25) is 4.79 Å². The van der Waals surface area contributed by atoms with Crippen LogP contribution < -0.4 is 0 Å². The molecule has 1 aromatic rings. The quantitative estimate of drug-likeness (QED) is 0.328. The fourth-order valence-electron chi connectivity index (χ4n) is 3.09. The van der Waals surface area contributed by atoms with Crippen LogP contribution in [0, 0.1) is 6.92 Å². The van der Waals surface area contributed by atoms with Crippen LogP contribution in [0.5, 0.6) is 0 Å². The molecular formula is C20H33NO3. The monoisotopic (exact) mass is 335 g/mol. The number of Topliss-reactive ketones (excluding diaryl/α,β-unsaturated/α-hetero) is 1. The van der Waals surface area contributed by atoms with Gasteiger partial charge in [-0.2, -0.15) is 0 Å². The van der Waals surface area contributed by atoms with E-state index in [1.807, 2.05) is 0 Å². The molecule has 0 fully saturated rings. The highest BCUT2D eigenvalue weighted by atomic mass is 16.4. The summed E-state index contributed by atoms with van der Waals surface area (Å²) < 4.78 is 0. The van der Waals surface area contributed by atoms with Crippen LogP contribution in [-0.4, -0.2) is 21.8 Å². The Morgan fingerprint density at radius 1 is 0.917 bits per heavy atom. The highest BCUT2D eigenvalue weighted by Crippen LogP contribution is 2.17. The number of unbranched alkanes of at least 4 members (excludes halogenated alkanes) is 10. The summed E-state index contributed by atoms with van der Waals surface area (Å²) in [6.07, 6.45) is 15.9. The van der Waals surface area contributed by atoms with E-state index in [4.69, 9.17) is 5.11 Å². The molecule has 0 saturated carbocycles. The van der Waals surface area contributed by atoms with Gasteiger partial charge in [-0.05, 0) is 18.9 Å². The van der Waals surface area contributed by atoms with Crippen molar-refractivity contribution in [1.82, 2.24) is 4.98 Å². The third-order valence-electron chi connectivity index (χ3n) is 4.66. The van der Waals surface area contributed by atoms with Crippen molar-refractivity contribution in [2.45, 2.75) is 90.9 Å². The van der Waals surface area contributed by atoms with Gasteiger partial charge in [0.2, 0.25) is 0 Å². The number of ketones is 1. The molecule has 0 aliphatic carbocycles. The van der Waals surface area contributed by atoms with Gasteiger partial charge in [0.15, 0.2) is 5.78 Å². The highest BCUT2D eigenvalue weighted by Gasteiger charge is 2.17. The van der Waals surface area contributed by atoms with Crippen molar-refractivity contribution in [2.24, 2.45) is 0 Å². The fourth-order valence-corrected chi connectivity index (χ4v) is 3.09. The number of aromatic amines is 1. The molecule has 0 bridgehead atoms. The number of hydrogen-bond donors (Lipinski definition) is 2. The van der Waals surface area contributed by atoms with E-state index in [0.29, 0.717) is 17.5 Å². The molecule has 0 atom stereocenters. The van der Waals surface area contributed by atoms with Crippen LogP contribution >= 0.6 is 0 Å². The van der Waals surface area contributed by atoms with E-state index < -0.39 is 5.97 Å². The Morgan fingerprint density at radius 2 is 1.42 bits per heavy atom. The van der Waals surface area contributed by atoms with E-state index in [-0.39, 0.29) is 11.5 Å². The molecule has 0 amide bonds. The first-order chi connectivity index (χ1) is 11.6. The minimum absolute atomic E-state index is 0.0483. The van der Waals surface area contributed by atoms with Crippen LogP contribution in [0.3, 0.4) is 0 Å². The summed E-state index contributed by atoms with van der Waals surface area (Å²) in [6.45, 7) is 3.93. The molecule has 0 unspecified atom stereocenters. The minimum Gasteiger partial charge on any atom is -0.477 e. The molecule has 4 nitrogen and oxygen atoms in total. The number of carbonyl (C=O) groups is 2. The maximum Gasteiger partial charge on any atom is 0.352 e. The smallest absolute Gasteiger partial charge is 0.352 e. The summed E-state index contributed by atoms with van der Waals surface area (Å²) in [7, 11) is 0. The lowest BCUT2D eigenvalue weighted by molar-refractivity contribution is 0.0690. The Labute approximate surface area is 146 Å². The fraction of sp³-hybridized carbons (Fsp3) is 0.700. The van der Waals surface area contributed by atoms with Gasteiger partial charge in [0.25, 0.3) is 0 Å². The van der Waals surface area contributed by atoms with E-state index in [9.17, 15) is 9.59 Å². The zero-order valence-corrected chi connectivity index (χ0v) is 15.3. The van der Waals surface area contributed by atoms with Gasteiger partial charge < -0.3 is 10.1 Å². The summed E-state index contributed by atoms with van der Waals surface area (Å²) in [5, 5.41) is 9.00. The molecule has 0 saturated heterocycles. The van der Waals surface area contributed by atoms with E-state index in [1.54, 1.807) is 6.92 Å². The number of hydrogen-bond acceptors (Lipinski definition) is 2. The molecule has 0 spiro atoms. The standard InChI is InChI=1S/C20H33NO3/c1-3-4-5-6-7-8-9-10-11-12-13-14-18(22)17-15-21-19(16(17)2)20(23)24/h15,21H,3-14H2,1-2H3,(H,23,24). The largest absolute Gasteiger partial charge is 0.477 e. The summed E-state index contributed by atoms with van der Waals surface area (Å²) in [5.41, 5.74) is 1.20. The second-order valence-electron chi connectivity index (χ2n) is 6.72. The zero-order valence-electron chi connectivity index (χ0n) is 15.3. The first-order valence-electron chi connectivity index (χ1n) is 9.52. The number of rotatable bonds is 14. The van der Waals surface area contributed by atoms with Crippen LogP contribution in [-0.2, 0) is 0 Å². The van der Waals surface area contributed by atoms with Crippen LogP contribution in [0.15, 0.2) is 6.20 Å². The van der Waals surface area contributed by atoms with Gasteiger partial charge in [0.1, 0.15) is 5.69 Å². The number of H-pyrrole nitrogens is 1. The van der Waals surface area contributed by atoms with Gasteiger partial charge >= 0.3 is 5.97 Å². The molecule has 0 aliphatic heterocycles. The molecule has 0 radical (unpaired) electrons. The van der Waals surface area contributed by atoms with Gasteiger partial charge in [-0.25, -0.2) is 4.79 Å². The predicted octanol–water partition coefficient (Wildman–Crippen LogP) is 5.91. The average Bonchev–Trinajstić information content (AvgIpc) is 2.94. The van der Waals surface area contributed by atoms with Crippen molar-refractivity contribution in [3.63, 3.8) is 0 Å². The molecule has 1 rings (SSSR count). The number of aromatic carboxylic acids is 1. The Morgan fingerprint density at radius 3 is 1.88 bits per heavy atom. The van der Waals surface area contributed by atoms with Crippen molar-refractivity contribution in [3.8, 4) is 0 Å². The van der Waals surface area contributed by atoms with Crippen LogP contribution in [0.1, 0.15) is 110 Å². The van der Waals surface area contributed by atoms with E-state index in [1.165, 1.54) is 64.0 Å². The summed E-state index contributed by atoms with van der Waals surface area (Å²) in [4.78, 5) is 25.8. The topological polar surface area (TPSA) is 70.2 Å². The predicted molar refractivity (Wildman–Crippen MR) is 97.9 cm³/mol. The lowest BCUT2D eigenvalue weighted by Gasteiger charge is -2.03. The minimum atomic E-state index is -1.01. The van der Waals surface area contributed by atoms with Gasteiger partial charge in [0, 0.05) is 18.2 Å². The first kappa shape index (κ1) is 20.5. The van der Waals surface area contributed by atoms with Gasteiger partial charge in [0.05, 0.1) is 0 Å². The lowest BCUT2D eigenvalue weighted by Crippen LogP contribution is -2.02. The maximum absolute atomic E-state index is 12.1. The molecule has 2 N–H and O–H groups in total. The van der Waals surface area contributed by atoms with Gasteiger partial charge in [-0.1, -0.05) is 71.1 Å². The molecule has 0 aromatic carbocycles. The van der Waals surface area contributed by atoms with E-state index in [0.717, 1.165) is 12.8 Å². The zero-order chi connectivity index (χ0) is 17.8. The van der Waals surface area contributed by atoms with E-state index >= 15 is 0 Å². The van der Waals surface area contributed by atoms with Crippen molar-refractivity contribution < 1.29 is 14.7 Å². The van der Waals surface area contributed by atoms with Crippen molar-refractivity contribution in [2.75, 3.05) is 0 Å². The number of nitrogens with one attached hydrogen (secondary N) is 1. The number of aromatic nitrogens is 1. The van der Waals surface area contributed by atoms with Crippen LogP contribution in [0.4, 0.5) is 0 Å². The molecule has 4 heteroatoms. The van der Waals surface area contributed by atoms with Crippen LogP contribution in [0.25, 0.3) is 0 Å². The number of carbonyl (C=O) groups excluding carboxylic acids is 1. The third-order valence-corrected chi connectivity index (χ3v) is 4.66. The highest BCUT2D eigenvalue weighted by molar-refractivity contribution is 6.00. The number of carboxylic acids is 1. The maximum atomic E-state index is 12.1. The molecule has 1 heterocycles. The Kier molecular flexibility index (Phi) is 10.1. The van der Waals surface area contributed by atoms with Gasteiger partial charge in [-0.15, -0.1) is 0 Å². The third kappa shape index (κ3) is 7.33. The van der Waals surface area contributed by atoms with Crippen molar-refractivity contribution in [1.29, 1.82) is 0 Å². The Hall–Kier alpha value is -1.58. The first-order valence-corrected chi connectivity index (χ1v) is 9.52. The second-order valence-corrected chi connectivity index (χ2v) is 6.72. The molecule has 136 valence electrons. The molecule has 1 aromatic heterocycles. The Bertz CT molecular complexity index is 505.